The van der Waals surface area contributed by atoms with E-state index in [1.54, 1.807) is 12.1 Å². The largest absolute Gasteiger partial charge is 0.367 e. The van der Waals surface area contributed by atoms with Gasteiger partial charge in [-0.15, -0.1) is 0 Å². The predicted octanol–water partition coefficient (Wildman–Crippen LogP) is -0.489. The summed E-state index contributed by atoms with van der Waals surface area (Å²) in [6.45, 7) is 4.07. The van der Waals surface area contributed by atoms with Gasteiger partial charge in [-0.25, -0.2) is 14.2 Å². The summed E-state index contributed by atoms with van der Waals surface area (Å²) in [5.74, 6) is -0.458. The lowest BCUT2D eigenvalue weighted by Crippen LogP contribution is -2.48. The van der Waals surface area contributed by atoms with Crippen LogP contribution in [0.25, 0.3) is 11.2 Å². The molecule has 0 saturated carbocycles. The minimum Gasteiger partial charge on any atom is -0.367 e. The molecule has 0 bridgehead atoms. The van der Waals surface area contributed by atoms with E-state index in [9.17, 15) is 18.8 Å². The minimum atomic E-state index is -0.485. The number of aryl methyl sites for hydroxylation is 1. The van der Waals surface area contributed by atoms with Crippen LogP contribution in [0, 0.1) is 5.82 Å². The van der Waals surface area contributed by atoms with Gasteiger partial charge in [-0.3, -0.25) is 23.6 Å². The molecule has 0 aliphatic carbocycles. The molecule has 1 saturated heterocycles. The molecule has 170 valence electrons. The molecule has 3 aromatic rings. The molecule has 1 aliphatic heterocycles. The van der Waals surface area contributed by atoms with Crippen LogP contribution in [0.15, 0.2) is 40.2 Å². The van der Waals surface area contributed by atoms with Gasteiger partial charge in [-0.1, -0.05) is 12.1 Å². The van der Waals surface area contributed by atoms with Crippen LogP contribution in [0.3, 0.4) is 0 Å². The summed E-state index contributed by atoms with van der Waals surface area (Å²) in [5, 5.41) is 2.86. The molecule has 2 aromatic heterocycles. The predicted molar refractivity (Wildman–Crippen MR) is 118 cm³/mol. The number of para-hydroxylation sites is 1. The number of imidazole rings is 1. The monoisotopic (exact) mass is 443 g/mol. The summed E-state index contributed by atoms with van der Waals surface area (Å²) in [4.78, 5) is 45.3. The zero-order valence-electron chi connectivity index (χ0n) is 18.1. The fraction of sp³-hybridized carbons (Fsp3) is 0.429. The van der Waals surface area contributed by atoms with E-state index in [2.05, 4.69) is 15.2 Å². The topological polar surface area (TPSA) is 97.4 Å². The average molecular weight is 443 g/mol. The zero-order chi connectivity index (χ0) is 22.8. The van der Waals surface area contributed by atoms with Crippen molar-refractivity contribution in [2.45, 2.75) is 6.54 Å². The number of piperazine rings is 1. The van der Waals surface area contributed by atoms with Crippen LogP contribution >= 0.6 is 0 Å². The first-order valence-electron chi connectivity index (χ1n) is 10.5. The number of fused-ring (bicyclic) bond motifs is 1. The zero-order valence-corrected chi connectivity index (χ0v) is 18.1. The van der Waals surface area contributed by atoms with Crippen molar-refractivity contribution in [2.75, 3.05) is 44.2 Å². The van der Waals surface area contributed by atoms with E-state index in [1.165, 1.54) is 35.6 Å². The molecule has 10 nitrogen and oxygen atoms in total. The highest BCUT2D eigenvalue weighted by atomic mass is 19.1. The fourth-order valence-corrected chi connectivity index (χ4v) is 4.00. The maximum absolute atomic E-state index is 14.0. The van der Waals surface area contributed by atoms with Crippen molar-refractivity contribution in [2.24, 2.45) is 14.1 Å². The third-order valence-corrected chi connectivity index (χ3v) is 5.85. The third kappa shape index (κ3) is 4.15. The number of hydrogen-bond donors (Lipinski definition) is 1. The number of nitrogens with zero attached hydrogens (tertiary/aromatic N) is 6. The van der Waals surface area contributed by atoms with Crippen LogP contribution in [0.2, 0.25) is 0 Å². The molecule has 1 N–H and O–H groups in total. The van der Waals surface area contributed by atoms with Crippen molar-refractivity contribution >= 4 is 22.8 Å². The number of rotatable bonds is 6. The number of anilines is 1. The molecule has 1 aliphatic rings. The van der Waals surface area contributed by atoms with Crippen molar-refractivity contribution in [3.63, 3.8) is 0 Å². The maximum atomic E-state index is 14.0. The Bertz CT molecular complexity index is 1250. The molecule has 0 radical (unpaired) electrons. The van der Waals surface area contributed by atoms with Gasteiger partial charge in [-0.2, -0.15) is 0 Å². The van der Waals surface area contributed by atoms with E-state index in [-0.39, 0.29) is 29.4 Å². The Balaban J connectivity index is 1.29. The Labute approximate surface area is 183 Å². The summed E-state index contributed by atoms with van der Waals surface area (Å²) in [7, 11) is 2.93. The second kappa shape index (κ2) is 8.95. The SMILES string of the molecule is Cn1c(=O)c2c(ncn2CC(=O)NCCN2CCN(c3ccccc3F)CC2)n(C)c1=O. The standard InChI is InChI=1S/C21H26FN7O3/c1-25-19-18(20(31)26(2)21(25)32)29(14-24-19)13-17(30)23-7-8-27-9-11-28(12-10-27)16-6-4-3-5-15(16)22/h3-6,14H,7-13H2,1-2H3,(H,23,30). The van der Waals surface area contributed by atoms with Crippen molar-refractivity contribution in [1.29, 1.82) is 0 Å². The Hall–Kier alpha value is -3.47. The van der Waals surface area contributed by atoms with Gasteiger partial charge in [0.05, 0.1) is 12.0 Å². The Morgan fingerprint density at radius 2 is 1.81 bits per heavy atom. The average Bonchev–Trinajstić information content (AvgIpc) is 3.21. The van der Waals surface area contributed by atoms with Crippen LogP contribution in [-0.2, 0) is 25.4 Å². The van der Waals surface area contributed by atoms with Gasteiger partial charge < -0.3 is 14.8 Å². The normalized spacial score (nSPS) is 14.8. The molecule has 32 heavy (non-hydrogen) atoms. The van der Waals surface area contributed by atoms with Crippen LogP contribution in [0.4, 0.5) is 10.1 Å². The van der Waals surface area contributed by atoms with Crippen LogP contribution < -0.4 is 21.5 Å². The third-order valence-electron chi connectivity index (χ3n) is 5.85. The highest BCUT2D eigenvalue weighted by molar-refractivity contribution is 5.78. The van der Waals surface area contributed by atoms with Crippen LogP contribution in [-0.4, -0.2) is 68.8 Å². The maximum Gasteiger partial charge on any atom is 0.332 e. The molecule has 0 spiro atoms. The number of benzene rings is 1. The number of amides is 1. The second-order valence-electron chi connectivity index (χ2n) is 7.88. The lowest BCUT2D eigenvalue weighted by Gasteiger charge is -2.36. The number of carbonyl (C=O) groups is 1. The van der Waals surface area contributed by atoms with Gasteiger partial charge in [0.1, 0.15) is 12.4 Å². The summed E-state index contributed by atoms with van der Waals surface area (Å²) in [6, 6.07) is 6.77. The van der Waals surface area contributed by atoms with E-state index >= 15 is 0 Å². The molecule has 1 amide bonds. The lowest BCUT2D eigenvalue weighted by molar-refractivity contribution is -0.121. The summed E-state index contributed by atoms with van der Waals surface area (Å²) < 4.78 is 17.7. The second-order valence-corrected chi connectivity index (χ2v) is 7.88. The van der Waals surface area contributed by atoms with Gasteiger partial charge >= 0.3 is 5.69 Å². The van der Waals surface area contributed by atoms with Crippen molar-refractivity contribution in [3.8, 4) is 0 Å². The molecule has 4 rings (SSSR count). The van der Waals surface area contributed by atoms with E-state index in [1.807, 2.05) is 11.0 Å². The molecule has 1 aromatic carbocycles. The van der Waals surface area contributed by atoms with Crippen molar-refractivity contribution < 1.29 is 9.18 Å². The lowest BCUT2D eigenvalue weighted by atomic mass is 10.2. The van der Waals surface area contributed by atoms with E-state index in [0.29, 0.717) is 18.8 Å². The molecule has 11 heteroatoms. The smallest absolute Gasteiger partial charge is 0.332 e. The Morgan fingerprint density at radius 1 is 1.09 bits per heavy atom. The Kier molecular flexibility index (Phi) is 6.08. The fourth-order valence-electron chi connectivity index (χ4n) is 4.00. The van der Waals surface area contributed by atoms with Crippen molar-refractivity contribution in [1.82, 2.24) is 28.9 Å². The van der Waals surface area contributed by atoms with Crippen molar-refractivity contribution in [3.05, 3.63) is 57.2 Å². The van der Waals surface area contributed by atoms with E-state index in [4.69, 9.17) is 0 Å². The number of halogens is 1. The number of carbonyl (C=O) groups excluding carboxylic acids is 1. The van der Waals surface area contributed by atoms with Gasteiger partial charge in [0.2, 0.25) is 5.91 Å². The molecule has 0 unspecified atom stereocenters. The first-order chi connectivity index (χ1) is 15.4. The highest BCUT2D eigenvalue weighted by Crippen LogP contribution is 2.19. The van der Waals surface area contributed by atoms with Gasteiger partial charge in [0.25, 0.3) is 5.56 Å². The summed E-state index contributed by atoms with van der Waals surface area (Å²) in [6.07, 6.45) is 1.40. The van der Waals surface area contributed by atoms with Crippen LogP contribution in [0.5, 0.6) is 0 Å². The Morgan fingerprint density at radius 3 is 2.53 bits per heavy atom. The minimum absolute atomic E-state index is 0.0645. The number of nitrogens with one attached hydrogen (secondary N) is 1. The number of aromatic nitrogens is 4. The van der Waals surface area contributed by atoms with Crippen LogP contribution in [0.1, 0.15) is 0 Å². The molecule has 0 atom stereocenters. The molecular weight excluding hydrogens is 417 g/mol. The van der Waals surface area contributed by atoms with Gasteiger partial charge in [-0.05, 0) is 12.1 Å². The first-order valence-corrected chi connectivity index (χ1v) is 10.5. The number of hydrogen-bond acceptors (Lipinski definition) is 6. The van der Waals surface area contributed by atoms with Gasteiger partial charge in [0.15, 0.2) is 11.2 Å². The van der Waals surface area contributed by atoms with E-state index in [0.717, 1.165) is 30.7 Å². The highest BCUT2D eigenvalue weighted by Gasteiger charge is 2.19. The molecule has 1 fully saturated rings. The summed E-state index contributed by atoms with van der Waals surface area (Å²) >= 11 is 0. The quantitative estimate of drug-likeness (QED) is 0.552. The van der Waals surface area contributed by atoms with Gasteiger partial charge in [0, 0.05) is 53.4 Å². The molecular formula is C21H26FN7O3. The molecule has 3 heterocycles. The first kappa shape index (κ1) is 21.8. The summed E-state index contributed by atoms with van der Waals surface area (Å²) in [5.41, 5.74) is 0.137. The van der Waals surface area contributed by atoms with E-state index < -0.39 is 11.2 Å².